The van der Waals surface area contributed by atoms with Crippen LogP contribution in [0.2, 0.25) is 0 Å². The molecule has 0 radical (unpaired) electrons. The van der Waals surface area contributed by atoms with E-state index in [0.29, 0.717) is 5.69 Å². The topological polar surface area (TPSA) is 79.6 Å². The van der Waals surface area contributed by atoms with Crippen LogP contribution in [0.25, 0.3) is 5.69 Å². The monoisotopic (exact) mass is 391 g/mol. The second-order valence-electron chi connectivity index (χ2n) is 6.59. The van der Waals surface area contributed by atoms with Gasteiger partial charge in [-0.15, -0.1) is 0 Å². The SMILES string of the molecule is O=C(Nc1cnn(-c2ccccc2)c1)C1=NN(Cc2ccc(F)cc2)C(=O)CC1. The van der Waals surface area contributed by atoms with Gasteiger partial charge in [-0.2, -0.15) is 10.2 Å². The number of anilines is 1. The number of carbonyl (C=O) groups is 2. The number of rotatable bonds is 5. The zero-order valence-corrected chi connectivity index (χ0v) is 15.5. The molecule has 146 valence electrons. The van der Waals surface area contributed by atoms with Crippen molar-refractivity contribution in [3.05, 3.63) is 78.4 Å². The molecular weight excluding hydrogens is 373 g/mol. The van der Waals surface area contributed by atoms with Crippen molar-refractivity contribution in [1.29, 1.82) is 0 Å². The summed E-state index contributed by atoms with van der Waals surface area (Å²) in [5.41, 5.74) is 2.40. The summed E-state index contributed by atoms with van der Waals surface area (Å²) >= 11 is 0. The maximum Gasteiger partial charge on any atom is 0.271 e. The summed E-state index contributed by atoms with van der Waals surface area (Å²) in [6.07, 6.45) is 3.71. The first-order chi connectivity index (χ1) is 14.1. The van der Waals surface area contributed by atoms with Gasteiger partial charge in [0.25, 0.3) is 5.91 Å². The number of nitrogens with zero attached hydrogens (tertiary/aromatic N) is 4. The summed E-state index contributed by atoms with van der Waals surface area (Å²) in [4.78, 5) is 24.7. The molecule has 2 amide bonds. The number of hydrogen-bond donors (Lipinski definition) is 1. The Morgan fingerprint density at radius 1 is 1.07 bits per heavy atom. The first kappa shape index (κ1) is 18.5. The van der Waals surface area contributed by atoms with Gasteiger partial charge in [0.15, 0.2) is 0 Å². The van der Waals surface area contributed by atoms with Crippen LogP contribution >= 0.6 is 0 Å². The van der Waals surface area contributed by atoms with Gasteiger partial charge < -0.3 is 5.32 Å². The van der Waals surface area contributed by atoms with Crippen LogP contribution in [0.15, 0.2) is 72.1 Å². The summed E-state index contributed by atoms with van der Waals surface area (Å²) in [6.45, 7) is 0.182. The van der Waals surface area contributed by atoms with Crippen LogP contribution in [0.4, 0.5) is 10.1 Å². The molecule has 0 fully saturated rings. The molecule has 1 aromatic heterocycles. The van der Waals surface area contributed by atoms with Crippen molar-refractivity contribution in [2.75, 3.05) is 5.32 Å². The second-order valence-corrected chi connectivity index (χ2v) is 6.59. The van der Waals surface area contributed by atoms with Crippen LogP contribution in [-0.4, -0.2) is 32.3 Å². The Labute approximate surface area is 166 Å². The average Bonchev–Trinajstić information content (AvgIpc) is 3.20. The lowest BCUT2D eigenvalue weighted by molar-refractivity contribution is -0.132. The molecule has 2 heterocycles. The van der Waals surface area contributed by atoms with Gasteiger partial charge in [-0.05, 0) is 29.8 Å². The lowest BCUT2D eigenvalue weighted by Crippen LogP contribution is -2.35. The molecule has 0 saturated carbocycles. The normalized spacial score (nSPS) is 13.9. The summed E-state index contributed by atoms with van der Waals surface area (Å²) in [7, 11) is 0. The third-order valence-electron chi connectivity index (χ3n) is 4.47. The molecule has 29 heavy (non-hydrogen) atoms. The maximum atomic E-state index is 13.1. The highest BCUT2D eigenvalue weighted by Crippen LogP contribution is 2.16. The van der Waals surface area contributed by atoms with Crippen LogP contribution in [0.5, 0.6) is 0 Å². The molecule has 3 aromatic rings. The van der Waals surface area contributed by atoms with Gasteiger partial charge in [0.1, 0.15) is 11.5 Å². The summed E-state index contributed by atoms with van der Waals surface area (Å²) < 4.78 is 14.7. The van der Waals surface area contributed by atoms with Crippen molar-refractivity contribution in [3.63, 3.8) is 0 Å². The maximum absolute atomic E-state index is 13.1. The Balaban J connectivity index is 1.45. The third-order valence-corrected chi connectivity index (χ3v) is 4.47. The summed E-state index contributed by atoms with van der Waals surface area (Å²) in [6, 6.07) is 15.4. The predicted octanol–water partition coefficient (Wildman–Crippen LogP) is 3.13. The number of halogens is 1. The van der Waals surface area contributed by atoms with E-state index in [4.69, 9.17) is 0 Å². The van der Waals surface area contributed by atoms with Crippen molar-refractivity contribution in [3.8, 4) is 5.69 Å². The van der Waals surface area contributed by atoms with Crippen molar-refractivity contribution < 1.29 is 14.0 Å². The quantitative estimate of drug-likeness (QED) is 0.726. The lowest BCUT2D eigenvalue weighted by Gasteiger charge is -2.23. The van der Waals surface area contributed by atoms with E-state index < -0.39 is 0 Å². The van der Waals surface area contributed by atoms with Gasteiger partial charge in [0.05, 0.1) is 30.3 Å². The molecule has 0 bridgehead atoms. The molecule has 7 nitrogen and oxygen atoms in total. The van der Waals surface area contributed by atoms with Crippen LogP contribution in [0.3, 0.4) is 0 Å². The van der Waals surface area contributed by atoms with Crippen LogP contribution < -0.4 is 5.32 Å². The zero-order chi connectivity index (χ0) is 20.2. The Morgan fingerprint density at radius 2 is 1.83 bits per heavy atom. The van der Waals surface area contributed by atoms with Gasteiger partial charge in [-0.1, -0.05) is 30.3 Å². The fourth-order valence-corrected chi connectivity index (χ4v) is 2.96. The molecular formula is C21H18FN5O2. The van der Waals surface area contributed by atoms with E-state index in [0.717, 1.165) is 11.3 Å². The Bertz CT molecular complexity index is 1060. The average molecular weight is 391 g/mol. The van der Waals surface area contributed by atoms with Gasteiger partial charge in [0, 0.05) is 12.8 Å². The molecule has 1 aliphatic rings. The Morgan fingerprint density at radius 3 is 2.59 bits per heavy atom. The minimum atomic E-state index is -0.380. The van der Waals surface area contributed by atoms with E-state index in [1.165, 1.54) is 17.1 Å². The largest absolute Gasteiger partial charge is 0.318 e. The highest BCUT2D eigenvalue weighted by Gasteiger charge is 2.25. The van der Waals surface area contributed by atoms with E-state index in [-0.39, 0.29) is 42.7 Å². The molecule has 0 aliphatic carbocycles. The van der Waals surface area contributed by atoms with Gasteiger partial charge >= 0.3 is 0 Å². The van der Waals surface area contributed by atoms with E-state index in [1.54, 1.807) is 29.2 Å². The second kappa shape index (κ2) is 8.05. The molecule has 1 N–H and O–H groups in total. The minimum absolute atomic E-state index is 0.178. The van der Waals surface area contributed by atoms with Crippen LogP contribution in [0, 0.1) is 5.82 Å². The number of hydrazone groups is 1. The zero-order valence-electron chi connectivity index (χ0n) is 15.5. The predicted molar refractivity (Wildman–Crippen MR) is 106 cm³/mol. The van der Waals surface area contributed by atoms with E-state index in [2.05, 4.69) is 15.5 Å². The number of aromatic nitrogens is 2. The van der Waals surface area contributed by atoms with Crippen molar-refractivity contribution in [2.45, 2.75) is 19.4 Å². The standard InChI is InChI=1S/C21H18FN5O2/c22-16-8-6-15(7-9-16)13-27-20(28)11-10-19(25-27)21(29)24-17-12-23-26(14-17)18-4-2-1-3-5-18/h1-9,12,14H,10-11,13H2,(H,24,29). The first-order valence-corrected chi connectivity index (χ1v) is 9.12. The summed E-state index contributed by atoms with van der Waals surface area (Å²) in [5.74, 6) is -0.907. The molecule has 0 saturated heterocycles. The summed E-state index contributed by atoms with van der Waals surface area (Å²) in [5, 5.41) is 12.5. The van der Waals surface area contributed by atoms with Gasteiger partial charge in [-0.25, -0.2) is 14.1 Å². The van der Waals surface area contributed by atoms with E-state index >= 15 is 0 Å². The number of amides is 2. The van der Waals surface area contributed by atoms with Gasteiger partial charge in [0.2, 0.25) is 5.91 Å². The fourth-order valence-electron chi connectivity index (χ4n) is 2.96. The number of nitrogens with one attached hydrogen (secondary N) is 1. The highest BCUT2D eigenvalue weighted by molar-refractivity contribution is 6.43. The Hall–Kier alpha value is -3.81. The Kier molecular flexibility index (Phi) is 5.15. The number of carbonyl (C=O) groups excluding carboxylic acids is 2. The number of benzene rings is 2. The molecule has 8 heteroatoms. The fraction of sp³-hybridized carbons (Fsp3) is 0.143. The molecule has 0 atom stereocenters. The van der Waals surface area contributed by atoms with Crippen LogP contribution in [-0.2, 0) is 16.1 Å². The van der Waals surface area contributed by atoms with Crippen molar-refractivity contribution in [1.82, 2.24) is 14.8 Å². The molecule has 1 aliphatic heterocycles. The highest BCUT2D eigenvalue weighted by atomic mass is 19.1. The smallest absolute Gasteiger partial charge is 0.271 e. The van der Waals surface area contributed by atoms with E-state index in [9.17, 15) is 14.0 Å². The number of para-hydroxylation sites is 1. The molecule has 0 spiro atoms. The molecule has 0 unspecified atom stereocenters. The third kappa shape index (κ3) is 4.37. The first-order valence-electron chi connectivity index (χ1n) is 9.12. The van der Waals surface area contributed by atoms with Crippen molar-refractivity contribution >= 4 is 23.2 Å². The van der Waals surface area contributed by atoms with Crippen molar-refractivity contribution in [2.24, 2.45) is 5.10 Å². The molecule has 2 aromatic carbocycles. The van der Waals surface area contributed by atoms with Crippen LogP contribution in [0.1, 0.15) is 18.4 Å². The molecule has 4 rings (SSSR count). The van der Waals surface area contributed by atoms with Gasteiger partial charge in [-0.3, -0.25) is 9.59 Å². The number of hydrogen-bond acceptors (Lipinski definition) is 4. The van der Waals surface area contributed by atoms with E-state index in [1.807, 2.05) is 30.3 Å². The lowest BCUT2D eigenvalue weighted by atomic mass is 10.1. The minimum Gasteiger partial charge on any atom is -0.318 e.